The summed E-state index contributed by atoms with van der Waals surface area (Å²) < 4.78 is 5.18. The molecule has 2 heterocycles. The van der Waals surface area contributed by atoms with Gasteiger partial charge in [0.1, 0.15) is 5.76 Å². The van der Waals surface area contributed by atoms with Crippen LogP contribution in [0.15, 0.2) is 28.9 Å². The average molecular weight is 247 g/mol. The monoisotopic (exact) mass is 246 g/mol. The van der Waals surface area contributed by atoms with Crippen LogP contribution in [-0.2, 0) is 0 Å². The van der Waals surface area contributed by atoms with Crippen LogP contribution in [0, 0.1) is 13.8 Å². The predicted molar refractivity (Wildman–Crippen MR) is 68.3 cm³/mol. The third-order valence-electron chi connectivity index (χ3n) is 2.94. The van der Waals surface area contributed by atoms with Crippen molar-refractivity contribution in [2.45, 2.75) is 13.8 Å². The zero-order valence-corrected chi connectivity index (χ0v) is 10.3. The van der Waals surface area contributed by atoms with E-state index >= 15 is 0 Å². The smallest absolute Gasteiger partial charge is 0.141 e. The molecule has 0 bridgehead atoms. The number of hydrogen-bond acceptors (Lipinski definition) is 2. The largest absolute Gasteiger partial charge is 0.361 e. The van der Waals surface area contributed by atoms with Crippen LogP contribution in [0.25, 0.3) is 22.0 Å². The molecule has 0 radical (unpaired) electrons. The Kier molecular flexibility index (Phi) is 2.23. The van der Waals surface area contributed by atoms with E-state index in [9.17, 15) is 0 Å². The van der Waals surface area contributed by atoms with Crippen molar-refractivity contribution < 1.29 is 4.52 Å². The van der Waals surface area contributed by atoms with E-state index in [-0.39, 0.29) is 0 Å². The van der Waals surface area contributed by atoms with Crippen LogP contribution in [0.3, 0.4) is 0 Å². The molecule has 0 atom stereocenters. The third-order valence-corrected chi connectivity index (χ3v) is 3.25. The van der Waals surface area contributed by atoms with Crippen LogP contribution in [0.5, 0.6) is 0 Å². The van der Waals surface area contributed by atoms with Crippen molar-refractivity contribution in [3.63, 3.8) is 0 Å². The highest BCUT2D eigenvalue weighted by Crippen LogP contribution is 2.33. The Labute approximate surface area is 103 Å². The minimum absolute atomic E-state index is 0.735. The molecule has 3 aromatic rings. The maximum Gasteiger partial charge on any atom is 0.141 e. The van der Waals surface area contributed by atoms with Gasteiger partial charge < -0.3 is 9.51 Å². The average Bonchev–Trinajstić information content (AvgIpc) is 2.86. The van der Waals surface area contributed by atoms with Gasteiger partial charge in [0.15, 0.2) is 0 Å². The summed E-state index contributed by atoms with van der Waals surface area (Å²) in [6.07, 6.45) is 1.88. The molecule has 86 valence electrons. The van der Waals surface area contributed by atoms with Gasteiger partial charge in [0.05, 0.1) is 10.7 Å². The second-order valence-corrected chi connectivity index (χ2v) is 4.50. The minimum Gasteiger partial charge on any atom is -0.361 e. The SMILES string of the molecule is Cc1noc(C)c1-c1cc(Cl)c2cc[nH]c2c1. The van der Waals surface area contributed by atoms with E-state index < -0.39 is 0 Å². The molecule has 0 amide bonds. The van der Waals surface area contributed by atoms with Crippen LogP contribution in [0.2, 0.25) is 5.02 Å². The molecule has 4 heteroatoms. The van der Waals surface area contributed by atoms with Gasteiger partial charge in [-0.1, -0.05) is 16.8 Å². The fourth-order valence-corrected chi connectivity index (χ4v) is 2.44. The molecule has 0 saturated carbocycles. The summed E-state index contributed by atoms with van der Waals surface area (Å²) >= 11 is 6.25. The van der Waals surface area contributed by atoms with Crippen molar-refractivity contribution in [3.05, 3.63) is 40.9 Å². The molecule has 0 spiro atoms. The topological polar surface area (TPSA) is 41.8 Å². The molecule has 3 nitrogen and oxygen atoms in total. The lowest BCUT2D eigenvalue weighted by Gasteiger charge is -2.02. The number of nitrogens with zero attached hydrogens (tertiary/aromatic N) is 1. The van der Waals surface area contributed by atoms with Gasteiger partial charge in [0.25, 0.3) is 0 Å². The highest BCUT2D eigenvalue weighted by Gasteiger charge is 2.13. The molecule has 3 rings (SSSR count). The number of aryl methyl sites for hydroxylation is 2. The summed E-state index contributed by atoms with van der Waals surface area (Å²) in [6, 6.07) is 5.98. The number of rotatable bonds is 1. The van der Waals surface area contributed by atoms with Gasteiger partial charge in [-0.05, 0) is 37.6 Å². The molecule has 0 fully saturated rings. The van der Waals surface area contributed by atoms with Gasteiger partial charge in [-0.3, -0.25) is 0 Å². The Bertz CT molecular complexity index is 677. The van der Waals surface area contributed by atoms with Gasteiger partial charge in [0, 0.05) is 22.7 Å². The summed E-state index contributed by atoms with van der Waals surface area (Å²) in [5.41, 5.74) is 3.95. The summed E-state index contributed by atoms with van der Waals surface area (Å²) in [5.74, 6) is 0.810. The molecular formula is C13H11ClN2O. The Morgan fingerprint density at radius 1 is 1.29 bits per heavy atom. The van der Waals surface area contributed by atoms with Crippen LogP contribution in [0.4, 0.5) is 0 Å². The molecule has 2 aromatic heterocycles. The number of aromatic amines is 1. The standard InChI is InChI=1S/C13H11ClN2O/c1-7-13(8(2)17-16-7)9-5-11(14)10-3-4-15-12(10)6-9/h3-6,15H,1-2H3. The molecule has 0 unspecified atom stereocenters. The van der Waals surface area contributed by atoms with E-state index in [2.05, 4.69) is 16.2 Å². The number of benzene rings is 1. The summed E-state index contributed by atoms with van der Waals surface area (Å²) in [6.45, 7) is 3.83. The van der Waals surface area contributed by atoms with Gasteiger partial charge >= 0.3 is 0 Å². The first kappa shape index (κ1) is 10.4. The van der Waals surface area contributed by atoms with E-state index in [1.807, 2.05) is 32.2 Å². The van der Waals surface area contributed by atoms with Crippen LogP contribution >= 0.6 is 11.6 Å². The number of halogens is 1. The Morgan fingerprint density at radius 2 is 2.12 bits per heavy atom. The first-order valence-corrected chi connectivity index (χ1v) is 5.74. The number of hydrogen-bond donors (Lipinski definition) is 1. The zero-order valence-electron chi connectivity index (χ0n) is 9.54. The molecule has 1 aromatic carbocycles. The lowest BCUT2D eigenvalue weighted by Crippen LogP contribution is -1.83. The highest BCUT2D eigenvalue weighted by molar-refractivity contribution is 6.35. The second-order valence-electron chi connectivity index (χ2n) is 4.10. The van der Waals surface area contributed by atoms with Crippen molar-refractivity contribution in [1.82, 2.24) is 10.1 Å². The van der Waals surface area contributed by atoms with E-state index in [4.69, 9.17) is 16.1 Å². The first-order chi connectivity index (χ1) is 8.16. The van der Waals surface area contributed by atoms with Gasteiger partial charge in [-0.25, -0.2) is 0 Å². The fourth-order valence-electron chi connectivity index (χ4n) is 2.16. The van der Waals surface area contributed by atoms with Crippen molar-refractivity contribution >= 4 is 22.5 Å². The molecule has 0 aliphatic carbocycles. The molecule has 17 heavy (non-hydrogen) atoms. The van der Waals surface area contributed by atoms with E-state index in [0.29, 0.717) is 0 Å². The van der Waals surface area contributed by atoms with Crippen molar-refractivity contribution in [1.29, 1.82) is 0 Å². The molecular weight excluding hydrogens is 236 g/mol. The lowest BCUT2D eigenvalue weighted by atomic mass is 10.0. The van der Waals surface area contributed by atoms with Crippen molar-refractivity contribution in [3.8, 4) is 11.1 Å². The minimum atomic E-state index is 0.735. The summed E-state index contributed by atoms with van der Waals surface area (Å²) in [4.78, 5) is 3.17. The summed E-state index contributed by atoms with van der Waals surface area (Å²) in [7, 11) is 0. The number of nitrogens with one attached hydrogen (secondary N) is 1. The highest BCUT2D eigenvalue weighted by atomic mass is 35.5. The van der Waals surface area contributed by atoms with Crippen molar-refractivity contribution in [2.75, 3.05) is 0 Å². The Hall–Kier alpha value is -1.74. The second kappa shape index (κ2) is 3.64. The quantitative estimate of drug-likeness (QED) is 0.703. The normalized spacial score (nSPS) is 11.2. The number of aromatic nitrogens is 2. The number of H-pyrrole nitrogens is 1. The van der Waals surface area contributed by atoms with Gasteiger partial charge in [0.2, 0.25) is 0 Å². The maximum absolute atomic E-state index is 6.25. The van der Waals surface area contributed by atoms with Crippen LogP contribution in [-0.4, -0.2) is 10.1 Å². The predicted octanol–water partition coefficient (Wildman–Crippen LogP) is 4.09. The fraction of sp³-hybridized carbons (Fsp3) is 0.154. The molecule has 0 aliphatic rings. The molecule has 0 aliphatic heterocycles. The lowest BCUT2D eigenvalue weighted by molar-refractivity contribution is 0.393. The summed E-state index contributed by atoms with van der Waals surface area (Å²) in [5, 5.41) is 5.73. The van der Waals surface area contributed by atoms with Gasteiger partial charge in [-0.15, -0.1) is 0 Å². The van der Waals surface area contributed by atoms with E-state index in [0.717, 1.165) is 38.5 Å². The maximum atomic E-state index is 6.25. The third kappa shape index (κ3) is 1.54. The molecule has 0 saturated heterocycles. The van der Waals surface area contributed by atoms with Crippen LogP contribution < -0.4 is 0 Å². The van der Waals surface area contributed by atoms with E-state index in [1.165, 1.54) is 0 Å². The van der Waals surface area contributed by atoms with Crippen molar-refractivity contribution in [2.24, 2.45) is 0 Å². The molecule has 1 N–H and O–H groups in total. The Morgan fingerprint density at radius 3 is 2.82 bits per heavy atom. The van der Waals surface area contributed by atoms with Gasteiger partial charge in [-0.2, -0.15) is 0 Å². The van der Waals surface area contributed by atoms with E-state index in [1.54, 1.807) is 0 Å². The van der Waals surface area contributed by atoms with Crippen LogP contribution in [0.1, 0.15) is 11.5 Å². The number of fused-ring (bicyclic) bond motifs is 1. The first-order valence-electron chi connectivity index (χ1n) is 5.36. The zero-order chi connectivity index (χ0) is 12.0. The Balaban J connectivity index is 2.31.